The minimum atomic E-state index is -4.26. The van der Waals surface area contributed by atoms with Crippen LogP contribution in [0.3, 0.4) is 0 Å². The number of aliphatic hydroxyl groups excluding tert-OH is 1. The maximum atomic E-state index is 13.3. The second kappa shape index (κ2) is 6.02. The fourth-order valence-corrected chi connectivity index (χ4v) is 2.85. The van der Waals surface area contributed by atoms with Gasteiger partial charge in [0.25, 0.3) is 0 Å². The largest absolute Gasteiger partial charge is 0.479 e. The number of nitrogens with one attached hydrogen (secondary N) is 1. The molecule has 0 aromatic heterocycles. The number of halogens is 3. The van der Waals surface area contributed by atoms with Gasteiger partial charge in [-0.2, -0.15) is 0 Å². The smallest absolute Gasteiger partial charge is 0.333 e. The molecule has 0 saturated carbocycles. The van der Waals surface area contributed by atoms with E-state index in [9.17, 15) is 17.6 Å². The summed E-state index contributed by atoms with van der Waals surface area (Å²) in [5.41, 5.74) is 0. The summed E-state index contributed by atoms with van der Waals surface area (Å²) in [5.74, 6) is -2.71. The highest BCUT2D eigenvalue weighted by Gasteiger charge is 2.24. The fourth-order valence-electron chi connectivity index (χ4n) is 1.07. The third-order valence-electron chi connectivity index (χ3n) is 2.04. The Bertz CT molecular complexity index is 607. The predicted molar refractivity (Wildman–Crippen MR) is 65.3 cm³/mol. The van der Waals surface area contributed by atoms with Gasteiger partial charge in [0.1, 0.15) is 4.90 Å². The first-order chi connectivity index (χ1) is 8.66. The van der Waals surface area contributed by atoms with E-state index in [1.54, 1.807) is 4.72 Å². The lowest BCUT2D eigenvalue weighted by atomic mass is 10.3. The first-order valence-corrected chi connectivity index (χ1v) is 6.94. The Morgan fingerprint density at radius 1 is 1.42 bits per heavy atom. The van der Waals surface area contributed by atoms with E-state index in [1.807, 2.05) is 0 Å². The van der Waals surface area contributed by atoms with Crippen molar-refractivity contribution in [1.82, 2.24) is 4.72 Å². The Balaban J connectivity index is 3.02. The van der Waals surface area contributed by atoms with Crippen LogP contribution in [0.25, 0.3) is 0 Å². The van der Waals surface area contributed by atoms with Gasteiger partial charge in [-0.1, -0.05) is 23.2 Å². The predicted octanol–water partition coefficient (Wildman–Crippen LogP) is 0.856. The Kier molecular flexibility index (Phi) is 5.11. The van der Waals surface area contributed by atoms with Crippen LogP contribution in [0, 0.1) is 5.82 Å². The van der Waals surface area contributed by atoms with Crippen molar-refractivity contribution >= 4 is 39.2 Å². The summed E-state index contributed by atoms with van der Waals surface area (Å²) in [5, 5.41) is 16.3. The lowest BCUT2D eigenvalue weighted by Gasteiger charge is -2.10. The van der Waals surface area contributed by atoms with Gasteiger partial charge < -0.3 is 10.2 Å². The quantitative estimate of drug-likeness (QED) is 0.694. The van der Waals surface area contributed by atoms with Gasteiger partial charge in [0.15, 0.2) is 11.9 Å². The molecular formula is C9H8Cl2FNO5S. The van der Waals surface area contributed by atoms with E-state index in [2.05, 4.69) is 0 Å². The molecule has 0 amide bonds. The van der Waals surface area contributed by atoms with Crippen molar-refractivity contribution in [2.75, 3.05) is 6.54 Å². The topological polar surface area (TPSA) is 104 Å². The van der Waals surface area contributed by atoms with E-state index in [4.69, 9.17) is 33.4 Å². The van der Waals surface area contributed by atoms with E-state index in [0.29, 0.717) is 0 Å². The highest BCUT2D eigenvalue weighted by Crippen LogP contribution is 2.29. The number of aliphatic carboxylic acids is 1. The number of rotatable bonds is 5. The van der Waals surface area contributed by atoms with Crippen LogP contribution in [0.5, 0.6) is 0 Å². The van der Waals surface area contributed by atoms with Gasteiger partial charge in [0.2, 0.25) is 10.0 Å². The molecule has 1 atom stereocenters. The van der Waals surface area contributed by atoms with Gasteiger partial charge in [-0.05, 0) is 12.1 Å². The molecule has 0 heterocycles. The summed E-state index contributed by atoms with van der Waals surface area (Å²) in [7, 11) is -4.26. The molecule has 0 aliphatic rings. The first-order valence-electron chi connectivity index (χ1n) is 4.71. The summed E-state index contributed by atoms with van der Waals surface area (Å²) in [6.07, 6.45) is -1.93. The van der Waals surface area contributed by atoms with E-state index in [1.165, 1.54) is 0 Å². The maximum Gasteiger partial charge on any atom is 0.333 e. The van der Waals surface area contributed by atoms with Gasteiger partial charge >= 0.3 is 5.97 Å². The average Bonchev–Trinajstić information content (AvgIpc) is 2.32. The molecular weight excluding hydrogens is 324 g/mol. The molecule has 0 spiro atoms. The number of hydrogen-bond acceptors (Lipinski definition) is 4. The second-order valence-electron chi connectivity index (χ2n) is 3.38. The van der Waals surface area contributed by atoms with Crippen LogP contribution in [-0.2, 0) is 14.8 Å². The van der Waals surface area contributed by atoms with Crippen LogP contribution in [0.2, 0.25) is 10.0 Å². The Morgan fingerprint density at radius 3 is 2.53 bits per heavy atom. The Hall–Kier alpha value is -0.930. The van der Waals surface area contributed by atoms with Gasteiger partial charge in [-0.3, -0.25) is 0 Å². The molecule has 0 aliphatic carbocycles. The third-order valence-corrected chi connectivity index (χ3v) is 4.28. The standard InChI is InChI=1S/C9H8Cl2FNO5S/c10-4-1-2-6(7(11)8(4)12)19(17,18)13-3-5(14)9(15)16/h1-2,5,13-14H,3H2,(H,15,16). The van der Waals surface area contributed by atoms with Crippen molar-refractivity contribution in [1.29, 1.82) is 0 Å². The molecule has 0 fully saturated rings. The average molecular weight is 332 g/mol. The van der Waals surface area contributed by atoms with Crippen LogP contribution in [-0.4, -0.2) is 37.2 Å². The zero-order valence-electron chi connectivity index (χ0n) is 9.10. The second-order valence-corrected chi connectivity index (χ2v) is 5.90. The number of hydrogen-bond donors (Lipinski definition) is 3. The minimum Gasteiger partial charge on any atom is -0.479 e. The van der Waals surface area contributed by atoms with E-state index >= 15 is 0 Å². The molecule has 0 bridgehead atoms. The van der Waals surface area contributed by atoms with Crippen LogP contribution in [0.15, 0.2) is 17.0 Å². The highest BCUT2D eigenvalue weighted by molar-refractivity contribution is 7.89. The summed E-state index contributed by atoms with van der Waals surface area (Å²) < 4.78 is 38.6. The SMILES string of the molecule is O=C(O)C(O)CNS(=O)(=O)c1ccc(Cl)c(F)c1Cl. The zero-order valence-corrected chi connectivity index (χ0v) is 11.4. The van der Waals surface area contributed by atoms with E-state index in [0.717, 1.165) is 12.1 Å². The molecule has 0 radical (unpaired) electrons. The van der Waals surface area contributed by atoms with E-state index in [-0.39, 0.29) is 5.02 Å². The lowest BCUT2D eigenvalue weighted by Crippen LogP contribution is -2.36. The number of carboxylic acid groups (broad SMARTS) is 1. The first kappa shape index (κ1) is 16.1. The lowest BCUT2D eigenvalue weighted by molar-refractivity contribution is -0.146. The van der Waals surface area contributed by atoms with Crippen LogP contribution >= 0.6 is 23.2 Å². The molecule has 1 aromatic rings. The number of sulfonamides is 1. The molecule has 0 aliphatic heterocycles. The minimum absolute atomic E-state index is 0.352. The number of benzene rings is 1. The van der Waals surface area contributed by atoms with Crippen molar-refractivity contribution in [3.63, 3.8) is 0 Å². The molecule has 106 valence electrons. The van der Waals surface area contributed by atoms with Gasteiger partial charge in [0.05, 0.1) is 10.0 Å². The maximum absolute atomic E-state index is 13.3. The van der Waals surface area contributed by atoms with Crippen LogP contribution < -0.4 is 4.72 Å². The highest BCUT2D eigenvalue weighted by atomic mass is 35.5. The Labute approximate surface area is 117 Å². The molecule has 0 saturated heterocycles. The molecule has 10 heteroatoms. The zero-order chi connectivity index (χ0) is 14.8. The van der Waals surface area contributed by atoms with Gasteiger partial charge in [-0.15, -0.1) is 0 Å². The monoisotopic (exact) mass is 331 g/mol. The Morgan fingerprint density at radius 2 is 2.00 bits per heavy atom. The normalized spacial score (nSPS) is 13.3. The molecule has 6 nitrogen and oxygen atoms in total. The summed E-state index contributed by atoms with van der Waals surface area (Å²) in [6.45, 7) is -0.780. The van der Waals surface area contributed by atoms with Gasteiger partial charge in [0, 0.05) is 6.54 Å². The summed E-state index contributed by atoms with van der Waals surface area (Å²) in [4.78, 5) is 9.73. The summed E-state index contributed by atoms with van der Waals surface area (Å²) >= 11 is 10.9. The van der Waals surface area contributed by atoms with Crippen molar-refractivity contribution in [2.24, 2.45) is 0 Å². The van der Waals surface area contributed by atoms with E-state index < -0.39 is 44.4 Å². The van der Waals surface area contributed by atoms with Crippen LogP contribution in [0.1, 0.15) is 0 Å². The number of aliphatic hydroxyl groups is 1. The molecule has 1 rings (SSSR count). The molecule has 19 heavy (non-hydrogen) atoms. The molecule has 1 unspecified atom stereocenters. The van der Waals surface area contributed by atoms with Gasteiger partial charge in [-0.25, -0.2) is 22.3 Å². The van der Waals surface area contributed by atoms with Crippen molar-refractivity contribution in [3.8, 4) is 0 Å². The number of carbonyl (C=O) groups is 1. The van der Waals surface area contributed by atoms with Crippen molar-refractivity contribution in [3.05, 3.63) is 28.0 Å². The van der Waals surface area contributed by atoms with Crippen LogP contribution in [0.4, 0.5) is 4.39 Å². The molecule has 1 aromatic carbocycles. The number of carboxylic acids is 1. The fraction of sp³-hybridized carbons (Fsp3) is 0.222. The molecule has 3 N–H and O–H groups in total. The van der Waals surface area contributed by atoms with Crippen molar-refractivity contribution in [2.45, 2.75) is 11.0 Å². The van der Waals surface area contributed by atoms with Crippen molar-refractivity contribution < 1.29 is 27.8 Å². The summed E-state index contributed by atoms with van der Waals surface area (Å²) in [6, 6.07) is 1.95. The third kappa shape index (κ3) is 3.77.